The van der Waals surface area contributed by atoms with Crippen molar-refractivity contribution in [2.75, 3.05) is 11.1 Å². The van der Waals surface area contributed by atoms with Crippen molar-refractivity contribution in [3.8, 4) is 0 Å². The lowest BCUT2D eigenvalue weighted by Gasteiger charge is -2.13. The van der Waals surface area contributed by atoms with Crippen molar-refractivity contribution in [3.05, 3.63) is 58.6 Å². The highest BCUT2D eigenvalue weighted by Crippen LogP contribution is 2.26. The summed E-state index contributed by atoms with van der Waals surface area (Å²) < 4.78 is 0. The molecule has 0 fully saturated rings. The third-order valence-corrected chi connectivity index (χ3v) is 4.94. The molecule has 0 saturated carbocycles. The highest BCUT2D eigenvalue weighted by molar-refractivity contribution is 8.00. The average molecular weight is 377 g/mol. The smallest absolute Gasteiger partial charge is 0.256 e. The van der Waals surface area contributed by atoms with Gasteiger partial charge in [0.15, 0.2) is 0 Å². The van der Waals surface area contributed by atoms with Crippen molar-refractivity contribution >= 4 is 40.9 Å². The number of halogens is 1. The van der Waals surface area contributed by atoms with Crippen LogP contribution in [0.1, 0.15) is 29.8 Å². The topological polar surface area (TPSA) is 58.2 Å². The molecule has 25 heavy (non-hydrogen) atoms. The Hall–Kier alpha value is -1.98. The monoisotopic (exact) mass is 376 g/mol. The van der Waals surface area contributed by atoms with E-state index in [0.717, 1.165) is 10.5 Å². The van der Waals surface area contributed by atoms with Gasteiger partial charge in [-0.1, -0.05) is 29.8 Å². The Morgan fingerprint density at radius 1 is 1.12 bits per heavy atom. The Labute approximate surface area is 157 Å². The molecule has 132 valence electrons. The molecule has 0 saturated heterocycles. The lowest BCUT2D eigenvalue weighted by Crippen LogP contribution is -2.31. The van der Waals surface area contributed by atoms with E-state index in [-0.39, 0.29) is 23.6 Å². The first kappa shape index (κ1) is 19.3. The number of anilines is 1. The molecule has 0 unspecified atom stereocenters. The fourth-order valence-corrected chi connectivity index (χ4v) is 3.26. The number of carbonyl (C=O) groups excluding carboxylic acids is 2. The number of hydrogen-bond donors (Lipinski definition) is 2. The summed E-state index contributed by atoms with van der Waals surface area (Å²) in [4.78, 5) is 25.2. The molecule has 0 radical (unpaired) electrons. The molecule has 0 aromatic heterocycles. The number of rotatable bonds is 6. The van der Waals surface area contributed by atoms with Crippen LogP contribution in [0.15, 0.2) is 47.4 Å². The van der Waals surface area contributed by atoms with Crippen LogP contribution in [0.3, 0.4) is 0 Å². The average Bonchev–Trinajstić information content (AvgIpc) is 2.56. The van der Waals surface area contributed by atoms with E-state index >= 15 is 0 Å². The predicted octanol–water partition coefficient (Wildman–Crippen LogP) is 4.52. The quantitative estimate of drug-likeness (QED) is 0.729. The van der Waals surface area contributed by atoms with Gasteiger partial charge >= 0.3 is 0 Å². The Balaban J connectivity index is 2.12. The fourth-order valence-electron chi connectivity index (χ4n) is 2.22. The molecule has 0 heterocycles. The number of carbonyl (C=O) groups is 2. The second-order valence-corrected chi connectivity index (χ2v) is 7.30. The Morgan fingerprint density at radius 3 is 2.56 bits per heavy atom. The van der Waals surface area contributed by atoms with Crippen molar-refractivity contribution in [2.45, 2.75) is 31.7 Å². The first-order valence-electron chi connectivity index (χ1n) is 7.96. The minimum absolute atomic E-state index is 0.0547. The van der Waals surface area contributed by atoms with Crippen molar-refractivity contribution in [1.29, 1.82) is 0 Å². The first-order chi connectivity index (χ1) is 11.9. The van der Waals surface area contributed by atoms with Gasteiger partial charge in [-0.25, -0.2) is 0 Å². The normalized spacial score (nSPS) is 10.6. The van der Waals surface area contributed by atoms with Gasteiger partial charge in [-0.2, -0.15) is 0 Å². The third kappa shape index (κ3) is 5.51. The van der Waals surface area contributed by atoms with Gasteiger partial charge in [-0.05, 0) is 50.6 Å². The van der Waals surface area contributed by atoms with Gasteiger partial charge in [-0.3, -0.25) is 9.59 Å². The van der Waals surface area contributed by atoms with Gasteiger partial charge in [0.25, 0.3) is 5.91 Å². The summed E-state index contributed by atoms with van der Waals surface area (Å²) >= 11 is 7.45. The molecule has 0 aliphatic heterocycles. The minimum Gasteiger partial charge on any atom is -0.353 e. The Bertz CT molecular complexity index is 778. The number of thioether (sulfide) groups is 1. The summed E-state index contributed by atoms with van der Waals surface area (Å²) in [6.07, 6.45) is 0. The zero-order valence-electron chi connectivity index (χ0n) is 14.4. The first-order valence-corrected chi connectivity index (χ1v) is 9.32. The summed E-state index contributed by atoms with van der Waals surface area (Å²) in [7, 11) is 0. The minimum atomic E-state index is -0.224. The number of benzene rings is 2. The van der Waals surface area contributed by atoms with Crippen LogP contribution in [0.4, 0.5) is 5.69 Å². The summed E-state index contributed by atoms with van der Waals surface area (Å²) in [6, 6.07) is 12.7. The van der Waals surface area contributed by atoms with Crippen LogP contribution in [-0.2, 0) is 4.79 Å². The summed E-state index contributed by atoms with van der Waals surface area (Å²) in [5, 5.41) is 6.33. The standard InChI is InChI=1S/C19H21ClN2O2S/c1-12(2)21-18(23)11-25-17-10-5-4-7-14(17)19(24)22-16-9-6-8-15(20)13(16)3/h4-10,12H,11H2,1-3H3,(H,21,23)(H,22,24). The maximum atomic E-state index is 12.7. The maximum absolute atomic E-state index is 12.7. The molecular formula is C19H21ClN2O2S. The molecule has 2 rings (SSSR count). The van der Waals surface area contributed by atoms with Gasteiger partial charge in [0.2, 0.25) is 5.91 Å². The predicted molar refractivity (Wildman–Crippen MR) is 105 cm³/mol. The van der Waals surface area contributed by atoms with E-state index in [1.807, 2.05) is 39.0 Å². The van der Waals surface area contributed by atoms with E-state index in [0.29, 0.717) is 16.3 Å². The summed E-state index contributed by atoms with van der Waals surface area (Å²) in [5.41, 5.74) is 2.03. The molecule has 2 aromatic carbocycles. The van der Waals surface area contributed by atoms with Gasteiger partial charge in [0.1, 0.15) is 0 Å². The molecule has 0 aliphatic rings. The number of nitrogens with one attached hydrogen (secondary N) is 2. The maximum Gasteiger partial charge on any atom is 0.256 e. The number of hydrogen-bond acceptors (Lipinski definition) is 3. The van der Waals surface area contributed by atoms with Crippen LogP contribution in [0.2, 0.25) is 5.02 Å². The van der Waals surface area contributed by atoms with E-state index in [1.165, 1.54) is 11.8 Å². The van der Waals surface area contributed by atoms with E-state index in [1.54, 1.807) is 24.3 Å². The molecule has 0 aliphatic carbocycles. The van der Waals surface area contributed by atoms with Crippen molar-refractivity contribution in [1.82, 2.24) is 5.32 Å². The van der Waals surface area contributed by atoms with Crippen LogP contribution in [0.25, 0.3) is 0 Å². The molecule has 2 N–H and O–H groups in total. The van der Waals surface area contributed by atoms with E-state index in [2.05, 4.69) is 10.6 Å². The van der Waals surface area contributed by atoms with E-state index in [4.69, 9.17) is 11.6 Å². The molecule has 0 atom stereocenters. The second kappa shape index (κ2) is 8.92. The molecule has 4 nitrogen and oxygen atoms in total. The van der Waals surface area contributed by atoms with Crippen LogP contribution in [0, 0.1) is 6.92 Å². The lowest BCUT2D eigenvalue weighted by atomic mass is 10.1. The van der Waals surface area contributed by atoms with Gasteiger partial charge in [0, 0.05) is 21.6 Å². The molecule has 2 amide bonds. The van der Waals surface area contributed by atoms with Crippen LogP contribution < -0.4 is 10.6 Å². The Kier molecular flexibility index (Phi) is 6.91. The molecule has 0 bridgehead atoms. The molecule has 0 spiro atoms. The second-order valence-electron chi connectivity index (χ2n) is 5.87. The summed E-state index contributed by atoms with van der Waals surface area (Å²) in [5.74, 6) is -0.0165. The zero-order chi connectivity index (χ0) is 18.4. The zero-order valence-corrected chi connectivity index (χ0v) is 16.0. The highest BCUT2D eigenvalue weighted by atomic mass is 35.5. The van der Waals surface area contributed by atoms with Gasteiger partial charge in [0.05, 0.1) is 11.3 Å². The van der Waals surface area contributed by atoms with E-state index in [9.17, 15) is 9.59 Å². The van der Waals surface area contributed by atoms with E-state index < -0.39 is 0 Å². The van der Waals surface area contributed by atoms with Crippen molar-refractivity contribution in [3.63, 3.8) is 0 Å². The number of amides is 2. The SMILES string of the molecule is Cc1c(Cl)cccc1NC(=O)c1ccccc1SCC(=O)NC(C)C. The molecular weight excluding hydrogens is 356 g/mol. The van der Waals surface area contributed by atoms with Crippen LogP contribution in [-0.4, -0.2) is 23.6 Å². The summed E-state index contributed by atoms with van der Waals surface area (Å²) in [6.45, 7) is 5.68. The highest BCUT2D eigenvalue weighted by Gasteiger charge is 2.14. The van der Waals surface area contributed by atoms with Crippen LogP contribution in [0.5, 0.6) is 0 Å². The molecule has 2 aromatic rings. The third-order valence-electron chi connectivity index (χ3n) is 3.46. The van der Waals surface area contributed by atoms with Crippen molar-refractivity contribution < 1.29 is 9.59 Å². The van der Waals surface area contributed by atoms with Gasteiger partial charge < -0.3 is 10.6 Å². The van der Waals surface area contributed by atoms with Crippen molar-refractivity contribution in [2.24, 2.45) is 0 Å². The van der Waals surface area contributed by atoms with Crippen LogP contribution >= 0.6 is 23.4 Å². The largest absolute Gasteiger partial charge is 0.353 e. The fraction of sp³-hybridized carbons (Fsp3) is 0.263. The lowest BCUT2D eigenvalue weighted by molar-refractivity contribution is -0.119. The van der Waals surface area contributed by atoms with Gasteiger partial charge in [-0.15, -0.1) is 11.8 Å². The molecule has 6 heteroatoms. The Morgan fingerprint density at radius 2 is 1.84 bits per heavy atom.